The van der Waals surface area contributed by atoms with Crippen LogP contribution in [0.2, 0.25) is 0 Å². The van der Waals surface area contributed by atoms with E-state index in [2.05, 4.69) is 6.92 Å². The van der Waals surface area contributed by atoms with Gasteiger partial charge < -0.3 is 4.90 Å². The summed E-state index contributed by atoms with van der Waals surface area (Å²) >= 11 is 0. The van der Waals surface area contributed by atoms with Gasteiger partial charge in [-0.15, -0.1) is 0 Å². The van der Waals surface area contributed by atoms with Crippen LogP contribution in [0.5, 0.6) is 0 Å². The van der Waals surface area contributed by atoms with Crippen molar-refractivity contribution in [2.75, 3.05) is 4.90 Å². The average Bonchev–Trinajstić information content (AvgIpc) is 2.05. The highest BCUT2D eigenvalue weighted by molar-refractivity contribution is 6.00. The van der Waals surface area contributed by atoms with Crippen LogP contribution >= 0.6 is 0 Å². The number of hydrogen-bond donors (Lipinski definition) is 0. The van der Waals surface area contributed by atoms with E-state index < -0.39 is 0 Å². The summed E-state index contributed by atoms with van der Waals surface area (Å²) in [5, 5.41) is 0. The molecule has 1 atom stereocenters. The van der Waals surface area contributed by atoms with Crippen molar-refractivity contribution in [2.45, 2.75) is 19.4 Å². The van der Waals surface area contributed by atoms with Gasteiger partial charge in [0.05, 0.1) is 0 Å². The van der Waals surface area contributed by atoms with Gasteiger partial charge in [0.1, 0.15) is 0 Å². The van der Waals surface area contributed by atoms with Gasteiger partial charge in [-0.2, -0.15) is 0 Å². The fraction of sp³-hybridized carbons (Fsp3) is 0.300. The number of rotatable bonds is 1. The molecule has 0 bridgehead atoms. The first-order chi connectivity index (χ1) is 5.79. The molecule has 0 aliphatic carbocycles. The molecular formula is C10H11NO. The minimum absolute atomic E-state index is 0.230. The monoisotopic (exact) mass is 161 g/mol. The molecule has 1 fully saturated rings. The molecule has 0 radical (unpaired) electrons. The highest BCUT2D eigenvalue weighted by atomic mass is 16.2. The van der Waals surface area contributed by atoms with E-state index in [1.165, 1.54) is 0 Å². The Labute approximate surface area is 71.8 Å². The van der Waals surface area contributed by atoms with Gasteiger partial charge >= 0.3 is 0 Å². The Bertz CT molecular complexity index is 294. The molecule has 1 aromatic rings. The largest absolute Gasteiger partial charge is 0.309 e. The van der Waals surface area contributed by atoms with Crippen molar-refractivity contribution in [1.82, 2.24) is 0 Å². The summed E-state index contributed by atoms with van der Waals surface area (Å²) in [5.74, 6) is 0.230. The number of hydrogen-bond acceptors (Lipinski definition) is 1. The van der Waals surface area contributed by atoms with Gasteiger partial charge in [-0.3, -0.25) is 4.79 Å². The molecular weight excluding hydrogens is 150 g/mol. The van der Waals surface area contributed by atoms with Gasteiger partial charge in [0.25, 0.3) is 0 Å². The molecule has 0 N–H and O–H groups in total. The zero-order chi connectivity index (χ0) is 8.55. The van der Waals surface area contributed by atoms with Crippen LogP contribution in [0.25, 0.3) is 0 Å². The molecule has 2 heteroatoms. The quantitative estimate of drug-likeness (QED) is 0.575. The lowest BCUT2D eigenvalue weighted by Crippen LogP contribution is -2.51. The second kappa shape index (κ2) is 2.63. The average molecular weight is 161 g/mol. The van der Waals surface area contributed by atoms with Crippen molar-refractivity contribution in [2.24, 2.45) is 0 Å². The molecule has 62 valence electrons. The Kier molecular flexibility index (Phi) is 1.61. The third-order valence-corrected chi connectivity index (χ3v) is 2.21. The molecule has 0 saturated carbocycles. The molecule has 2 rings (SSSR count). The second-order valence-corrected chi connectivity index (χ2v) is 3.15. The number of anilines is 1. The first kappa shape index (κ1) is 7.35. The molecule has 1 aliphatic heterocycles. The number of β-lactam (4-membered cyclic amide) rings is 1. The number of benzene rings is 1. The maximum Gasteiger partial charge on any atom is 0.229 e. The van der Waals surface area contributed by atoms with E-state index >= 15 is 0 Å². The Morgan fingerprint density at radius 3 is 2.50 bits per heavy atom. The van der Waals surface area contributed by atoms with Crippen molar-refractivity contribution in [3.63, 3.8) is 0 Å². The third-order valence-electron chi connectivity index (χ3n) is 2.21. The van der Waals surface area contributed by atoms with E-state index in [0.29, 0.717) is 12.5 Å². The standard InChI is InChI=1S/C10H11NO/c1-8-7-10(12)11(8)9-5-3-2-4-6-9/h2-6,8H,7H2,1H3. The molecule has 1 heterocycles. The molecule has 2 nitrogen and oxygen atoms in total. The second-order valence-electron chi connectivity index (χ2n) is 3.15. The van der Waals surface area contributed by atoms with Gasteiger partial charge in [-0.1, -0.05) is 18.2 Å². The SMILES string of the molecule is CC1CC(=O)N1c1ccccc1. The van der Waals surface area contributed by atoms with E-state index in [-0.39, 0.29) is 5.91 Å². The fourth-order valence-corrected chi connectivity index (χ4v) is 1.56. The Morgan fingerprint density at radius 2 is 2.00 bits per heavy atom. The first-order valence-corrected chi connectivity index (χ1v) is 4.16. The zero-order valence-corrected chi connectivity index (χ0v) is 7.03. The van der Waals surface area contributed by atoms with Gasteiger partial charge in [0, 0.05) is 18.2 Å². The molecule has 12 heavy (non-hydrogen) atoms. The van der Waals surface area contributed by atoms with E-state index in [0.717, 1.165) is 5.69 Å². The minimum Gasteiger partial charge on any atom is -0.309 e. The lowest BCUT2D eigenvalue weighted by molar-refractivity contribution is -0.123. The molecule has 0 aromatic heterocycles. The predicted molar refractivity (Wildman–Crippen MR) is 48.0 cm³/mol. The lowest BCUT2D eigenvalue weighted by Gasteiger charge is -2.38. The summed E-state index contributed by atoms with van der Waals surface area (Å²) in [6.07, 6.45) is 0.689. The van der Waals surface area contributed by atoms with Crippen LogP contribution in [0.4, 0.5) is 5.69 Å². The van der Waals surface area contributed by atoms with Gasteiger partial charge in [0.2, 0.25) is 5.91 Å². The normalized spacial score (nSPS) is 22.2. The zero-order valence-electron chi connectivity index (χ0n) is 7.03. The number of carbonyl (C=O) groups is 1. The van der Waals surface area contributed by atoms with E-state index in [9.17, 15) is 4.79 Å². The summed E-state index contributed by atoms with van der Waals surface area (Å²) in [7, 11) is 0. The van der Waals surface area contributed by atoms with Gasteiger partial charge in [-0.05, 0) is 19.1 Å². The van der Waals surface area contributed by atoms with Crippen molar-refractivity contribution in [3.8, 4) is 0 Å². The lowest BCUT2D eigenvalue weighted by atomic mass is 10.0. The van der Waals surface area contributed by atoms with Crippen LogP contribution in [0, 0.1) is 0 Å². The number of nitrogens with zero attached hydrogens (tertiary/aromatic N) is 1. The Morgan fingerprint density at radius 1 is 1.33 bits per heavy atom. The van der Waals surface area contributed by atoms with E-state index in [1.807, 2.05) is 35.2 Å². The van der Waals surface area contributed by atoms with Crippen LogP contribution in [-0.2, 0) is 4.79 Å². The molecule has 1 unspecified atom stereocenters. The summed E-state index contributed by atoms with van der Waals surface area (Å²) in [6, 6.07) is 10.2. The number of amides is 1. The van der Waals surface area contributed by atoms with Crippen LogP contribution < -0.4 is 4.90 Å². The van der Waals surface area contributed by atoms with Crippen molar-refractivity contribution >= 4 is 11.6 Å². The third kappa shape index (κ3) is 0.998. The van der Waals surface area contributed by atoms with Crippen LogP contribution in [0.1, 0.15) is 13.3 Å². The highest BCUT2D eigenvalue weighted by Crippen LogP contribution is 2.26. The number of para-hydroxylation sites is 1. The minimum atomic E-state index is 0.230. The predicted octanol–water partition coefficient (Wildman–Crippen LogP) is 1.81. The molecule has 1 aromatic carbocycles. The van der Waals surface area contributed by atoms with E-state index in [1.54, 1.807) is 0 Å². The Hall–Kier alpha value is -1.31. The van der Waals surface area contributed by atoms with Crippen molar-refractivity contribution in [1.29, 1.82) is 0 Å². The summed E-state index contributed by atoms with van der Waals surface area (Å²) in [5.41, 5.74) is 1.02. The smallest absolute Gasteiger partial charge is 0.229 e. The van der Waals surface area contributed by atoms with Gasteiger partial charge in [-0.25, -0.2) is 0 Å². The number of carbonyl (C=O) groups excluding carboxylic acids is 1. The van der Waals surface area contributed by atoms with Crippen LogP contribution in [0.3, 0.4) is 0 Å². The summed E-state index contributed by atoms with van der Waals surface area (Å²) in [6.45, 7) is 2.06. The summed E-state index contributed by atoms with van der Waals surface area (Å²) in [4.78, 5) is 13.0. The Balaban J connectivity index is 2.26. The van der Waals surface area contributed by atoms with Crippen molar-refractivity contribution < 1.29 is 4.79 Å². The highest BCUT2D eigenvalue weighted by Gasteiger charge is 2.32. The summed E-state index contributed by atoms with van der Waals surface area (Å²) < 4.78 is 0. The maximum absolute atomic E-state index is 11.2. The van der Waals surface area contributed by atoms with Gasteiger partial charge in [0.15, 0.2) is 0 Å². The van der Waals surface area contributed by atoms with Crippen LogP contribution in [-0.4, -0.2) is 11.9 Å². The molecule has 1 aliphatic rings. The first-order valence-electron chi connectivity index (χ1n) is 4.16. The molecule has 0 spiro atoms. The van der Waals surface area contributed by atoms with Crippen LogP contribution in [0.15, 0.2) is 30.3 Å². The van der Waals surface area contributed by atoms with E-state index in [4.69, 9.17) is 0 Å². The van der Waals surface area contributed by atoms with Crippen molar-refractivity contribution in [3.05, 3.63) is 30.3 Å². The molecule has 1 amide bonds. The molecule has 1 saturated heterocycles. The topological polar surface area (TPSA) is 20.3 Å². The fourth-order valence-electron chi connectivity index (χ4n) is 1.56. The maximum atomic E-state index is 11.2.